The van der Waals surface area contributed by atoms with Crippen LogP contribution in [-0.4, -0.2) is 44.2 Å². The standard InChI is InChI=1S/C17H23N3O3/c1-18-14-6-2-3-7-15(14)20(17(18)23)12-16(22)19(13-8-9-13)10-4-5-11-21/h2-3,6-7,13,21H,4-5,8-12H2,1H3. The molecule has 1 heterocycles. The quantitative estimate of drug-likeness (QED) is 0.778. The minimum atomic E-state index is -0.161. The van der Waals surface area contributed by atoms with Gasteiger partial charge in [0.1, 0.15) is 6.54 Å². The molecule has 23 heavy (non-hydrogen) atoms. The molecule has 0 aliphatic heterocycles. The third-order valence-electron chi connectivity index (χ3n) is 4.46. The maximum atomic E-state index is 12.7. The lowest BCUT2D eigenvalue weighted by molar-refractivity contribution is -0.132. The van der Waals surface area contributed by atoms with Gasteiger partial charge in [0.2, 0.25) is 5.91 Å². The highest BCUT2D eigenvalue weighted by atomic mass is 16.3. The molecule has 0 unspecified atom stereocenters. The Kier molecular flexibility index (Phi) is 4.52. The van der Waals surface area contributed by atoms with Crippen LogP contribution in [0.15, 0.2) is 29.1 Å². The Morgan fingerprint density at radius 1 is 1.26 bits per heavy atom. The average molecular weight is 317 g/mol. The SMILES string of the molecule is Cn1c(=O)n(CC(=O)N(CCCCO)C2CC2)c2ccccc21. The minimum absolute atomic E-state index is 0.0103. The van der Waals surface area contributed by atoms with E-state index in [9.17, 15) is 9.59 Å². The smallest absolute Gasteiger partial charge is 0.329 e. The number of hydrogen-bond donors (Lipinski definition) is 1. The van der Waals surface area contributed by atoms with Gasteiger partial charge in [-0.2, -0.15) is 0 Å². The molecule has 0 bridgehead atoms. The first kappa shape index (κ1) is 15.8. The van der Waals surface area contributed by atoms with Crippen LogP contribution < -0.4 is 5.69 Å². The minimum Gasteiger partial charge on any atom is -0.396 e. The summed E-state index contributed by atoms with van der Waals surface area (Å²) in [6.07, 6.45) is 3.57. The fourth-order valence-corrected chi connectivity index (χ4v) is 3.03. The van der Waals surface area contributed by atoms with Gasteiger partial charge in [-0.3, -0.25) is 13.9 Å². The number of aryl methyl sites for hydroxylation is 1. The van der Waals surface area contributed by atoms with Gasteiger partial charge >= 0.3 is 5.69 Å². The van der Waals surface area contributed by atoms with Crippen LogP contribution in [-0.2, 0) is 18.4 Å². The van der Waals surface area contributed by atoms with Crippen LogP contribution in [0.1, 0.15) is 25.7 Å². The average Bonchev–Trinajstić information content (AvgIpc) is 3.36. The molecule has 6 heteroatoms. The van der Waals surface area contributed by atoms with E-state index in [1.165, 1.54) is 0 Å². The first-order valence-electron chi connectivity index (χ1n) is 8.18. The highest BCUT2D eigenvalue weighted by molar-refractivity contribution is 5.81. The topological polar surface area (TPSA) is 67.5 Å². The number of carbonyl (C=O) groups excluding carboxylic acids is 1. The number of fused-ring (bicyclic) bond motifs is 1. The molecule has 0 atom stereocenters. The summed E-state index contributed by atoms with van der Waals surface area (Å²) in [4.78, 5) is 27.0. The Bertz CT molecular complexity index is 758. The molecule has 1 aromatic carbocycles. The predicted molar refractivity (Wildman–Crippen MR) is 88.2 cm³/mol. The molecule has 3 rings (SSSR count). The second-order valence-corrected chi connectivity index (χ2v) is 6.17. The number of para-hydroxylation sites is 2. The molecule has 124 valence electrons. The van der Waals surface area contributed by atoms with Crippen LogP contribution in [0, 0.1) is 0 Å². The van der Waals surface area contributed by atoms with Crippen LogP contribution in [0.2, 0.25) is 0 Å². The lowest BCUT2D eigenvalue weighted by Gasteiger charge is -2.22. The molecule has 6 nitrogen and oxygen atoms in total. The van der Waals surface area contributed by atoms with Crippen molar-refractivity contribution in [1.29, 1.82) is 0 Å². The van der Waals surface area contributed by atoms with E-state index in [2.05, 4.69) is 0 Å². The van der Waals surface area contributed by atoms with E-state index in [4.69, 9.17) is 5.11 Å². The number of unbranched alkanes of at least 4 members (excludes halogenated alkanes) is 1. The van der Waals surface area contributed by atoms with Crippen molar-refractivity contribution in [1.82, 2.24) is 14.0 Å². The molecule has 1 saturated carbocycles. The van der Waals surface area contributed by atoms with Crippen molar-refractivity contribution in [2.75, 3.05) is 13.2 Å². The highest BCUT2D eigenvalue weighted by Gasteiger charge is 2.32. The van der Waals surface area contributed by atoms with Crippen molar-refractivity contribution in [3.63, 3.8) is 0 Å². The van der Waals surface area contributed by atoms with E-state index in [0.29, 0.717) is 19.0 Å². The number of hydrogen-bond acceptors (Lipinski definition) is 3. The second-order valence-electron chi connectivity index (χ2n) is 6.17. The van der Waals surface area contributed by atoms with Gasteiger partial charge in [0, 0.05) is 26.2 Å². The molecule has 1 aliphatic carbocycles. The number of benzene rings is 1. The maximum absolute atomic E-state index is 12.7. The van der Waals surface area contributed by atoms with Crippen molar-refractivity contribution in [3.8, 4) is 0 Å². The lowest BCUT2D eigenvalue weighted by atomic mass is 10.3. The maximum Gasteiger partial charge on any atom is 0.329 e. The monoisotopic (exact) mass is 317 g/mol. The van der Waals surface area contributed by atoms with E-state index in [1.807, 2.05) is 29.2 Å². The summed E-state index contributed by atoms with van der Waals surface area (Å²) in [6.45, 7) is 0.884. The zero-order valence-corrected chi connectivity index (χ0v) is 13.4. The van der Waals surface area contributed by atoms with Gasteiger partial charge in [-0.15, -0.1) is 0 Å². The number of rotatable bonds is 7. The number of aromatic nitrogens is 2. The number of nitrogens with zero attached hydrogens (tertiary/aromatic N) is 3. The molecule has 1 amide bonds. The molecule has 0 radical (unpaired) electrons. The van der Waals surface area contributed by atoms with E-state index in [0.717, 1.165) is 30.3 Å². The largest absolute Gasteiger partial charge is 0.396 e. The summed E-state index contributed by atoms with van der Waals surface area (Å²) in [6, 6.07) is 7.84. The normalized spacial score (nSPS) is 14.3. The Morgan fingerprint density at radius 3 is 2.61 bits per heavy atom. The van der Waals surface area contributed by atoms with E-state index in [-0.39, 0.29) is 24.7 Å². The summed E-state index contributed by atoms with van der Waals surface area (Å²) < 4.78 is 3.13. The number of amides is 1. The fourth-order valence-electron chi connectivity index (χ4n) is 3.03. The fraction of sp³-hybridized carbons (Fsp3) is 0.529. The van der Waals surface area contributed by atoms with Crippen molar-refractivity contribution in [2.24, 2.45) is 7.05 Å². The van der Waals surface area contributed by atoms with Crippen molar-refractivity contribution in [2.45, 2.75) is 38.3 Å². The van der Waals surface area contributed by atoms with E-state index in [1.54, 1.807) is 16.2 Å². The first-order valence-corrected chi connectivity index (χ1v) is 8.18. The Hall–Kier alpha value is -2.08. The third-order valence-corrected chi connectivity index (χ3v) is 4.46. The van der Waals surface area contributed by atoms with Crippen LogP contribution in [0.3, 0.4) is 0 Å². The zero-order valence-electron chi connectivity index (χ0n) is 13.4. The summed E-state index contributed by atoms with van der Waals surface area (Å²) in [5.74, 6) is -0.0103. The summed E-state index contributed by atoms with van der Waals surface area (Å²) in [5, 5.41) is 8.91. The van der Waals surface area contributed by atoms with Gasteiger partial charge in [0.05, 0.1) is 11.0 Å². The van der Waals surface area contributed by atoms with Crippen molar-refractivity contribution in [3.05, 3.63) is 34.7 Å². The molecular formula is C17H23N3O3. The van der Waals surface area contributed by atoms with Crippen LogP contribution >= 0.6 is 0 Å². The summed E-state index contributed by atoms with van der Waals surface area (Å²) in [7, 11) is 1.73. The molecule has 2 aromatic rings. The zero-order chi connectivity index (χ0) is 16.4. The second kappa shape index (κ2) is 6.58. The summed E-state index contributed by atoms with van der Waals surface area (Å²) in [5.41, 5.74) is 1.47. The van der Waals surface area contributed by atoms with E-state index >= 15 is 0 Å². The lowest BCUT2D eigenvalue weighted by Crippen LogP contribution is -2.38. The van der Waals surface area contributed by atoms with Crippen LogP contribution in [0.4, 0.5) is 0 Å². The number of aliphatic hydroxyl groups is 1. The highest BCUT2D eigenvalue weighted by Crippen LogP contribution is 2.27. The predicted octanol–water partition coefficient (Wildman–Crippen LogP) is 1.10. The van der Waals surface area contributed by atoms with Gasteiger partial charge in [-0.1, -0.05) is 12.1 Å². The number of aliphatic hydroxyl groups excluding tert-OH is 1. The molecule has 1 fully saturated rings. The van der Waals surface area contributed by atoms with Gasteiger partial charge < -0.3 is 10.0 Å². The Labute approximate surface area is 134 Å². The number of carbonyl (C=O) groups is 1. The molecule has 0 spiro atoms. The molecule has 1 aliphatic rings. The number of imidazole rings is 1. The first-order chi connectivity index (χ1) is 11.1. The summed E-state index contributed by atoms with van der Waals surface area (Å²) >= 11 is 0. The third kappa shape index (κ3) is 3.17. The van der Waals surface area contributed by atoms with Gasteiger partial charge in [-0.25, -0.2) is 4.79 Å². The van der Waals surface area contributed by atoms with Crippen LogP contribution in [0.5, 0.6) is 0 Å². The molecular weight excluding hydrogens is 294 g/mol. The van der Waals surface area contributed by atoms with Crippen molar-refractivity contribution >= 4 is 16.9 Å². The van der Waals surface area contributed by atoms with Gasteiger partial charge in [0.25, 0.3) is 0 Å². The van der Waals surface area contributed by atoms with Gasteiger partial charge in [-0.05, 0) is 37.8 Å². The Balaban J connectivity index is 1.81. The van der Waals surface area contributed by atoms with Crippen molar-refractivity contribution < 1.29 is 9.90 Å². The Morgan fingerprint density at radius 2 is 1.96 bits per heavy atom. The molecule has 1 aromatic heterocycles. The molecule has 0 saturated heterocycles. The van der Waals surface area contributed by atoms with Gasteiger partial charge in [0.15, 0.2) is 0 Å². The molecule has 1 N–H and O–H groups in total. The van der Waals surface area contributed by atoms with E-state index < -0.39 is 0 Å². The van der Waals surface area contributed by atoms with Crippen LogP contribution in [0.25, 0.3) is 11.0 Å².